The molecule has 0 saturated carbocycles. The summed E-state index contributed by atoms with van der Waals surface area (Å²) in [7, 11) is 0. The van der Waals surface area contributed by atoms with Crippen LogP contribution in [0.4, 0.5) is 0 Å². The number of nitrogens with two attached hydrogens (primary N) is 1. The molecule has 0 spiro atoms. The Morgan fingerprint density at radius 2 is 2.58 bits per heavy atom. The van der Waals surface area contributed by atoms with Gasteiger partial charge in [0.15, 0.2) is 0 Å². The van der Waals surface area contributed by atoms with E-state index in [2.05, 4.69) is 18.4 Å². The molecule has 0 aliphatic carbocycles. The maximum Gasteiger partial charge on any atom is 0.104 e. The summed E-state index contributed by atoms with van der Waals surface area (Å²) in [5.41, 5.74) is 6.76. The molecule has 0 saturated heterocycles. The third-order valence-electron chi connectivity index (χ3n) is 2.45. The smallest absolute Gasteiger partial charge is 0.104 e. The van der Waals surface area contributed by atoms with Gasteiger partial charge in [0.2, 0.25) is 0 Å². The van der Waals surface area contributed by atoms with Crippen molar-refractivity contribution < 1.29 is 4.74 Å². The summed E-state index contributed by atoms with van der Waals surface area (Å²) in [4.78, 5) is 1.44. The molecule has 1 aromatic rings. The van der Waals surface area contributed by atoms with E-state index >= 15 is 0 Å². The lowest BCUT2D eigenvalue weighted by Gasteiger charge is -2.32. The Labute approximate surface area is 76.3 Å². The van der Waals surface area contributed by atoms with E-state index in [0.29, 0.717) is 6.54 Å². The zero-order chi connectivity index (χ0) is 8.60. The average molecular weight is 183 g/mol. The van der Waals surface area contributed by atoms with Crippen molar-refractivity contribution in [2.45, 2.75) is 18.9 Å². The SMILES string of the molecule is C[C@]1(CN)OCCc2sccc21. The minimum atomic E-state index is -0.229. The number of fused-ring (bicyclic) bond motifs is 1. The molecule has 3 heteroatoms. The number of thiophene rings is 1. The Morgan fingerprint density at radius 1 is 1.75 bits per heavy atom. The van der Waals surface area contributed by atoms with Crippen molar-refractivity contribution in [3.8, 4) is 0 Å². The van der Waals surface area contributed by atoms with Crippen molar-refractivity contribution in [3.63, 3.8) is 0 Å². The topological polar surface area (TPSA) is 35.2 Å². The van der Waals surface area contributed by atoms with Gasteiger partial charge >= 0.3 is 0 Å². The first-order chi connectivity index (χ1) is 5.76. The van der Waals surface area contributed by atoms with Crippen molar-refractivity contribution in [2.75, 3.05) is 13.2 Å². The first-order valence-electron chi connectivity index (χ1n) is 4.17. The van der Waals surface area contributed by atoms with Crippen molar-refractivity contribution in [1.82, 2.24) is 0 Å². The summed E-state index contributed by atoms with van der Waals surface area (Å²) in [6.07, 6.45) is 1.04. The maximum absolute atomic E-state index is 5.69. The van der Waals surface area contributed by atoms with Gasteiger partial charge in [-0.1, -0.05) is 0 Å². The van der Waals surface area contributed by atoms with Crippen molar-refractivity contribution >= 4 is 11.3 Å². The lowest BCUT2D eigenvalue weighted by atomic mass is 9.93. The Kier molecular flexibility index (Phi) is 1.94. The Hall–Kier alpha value is -0.380. The monoisotopic (exact) mass is 183 g/mol. The molecule has 1 aromatic heterocycles. The highest BCUT2D eigenvalue weighted by molar-refractivity contribution is 7.10. The van der Waals surface area contributed by atoms with E-state index in [1.54, 1.807) is 0 Å². The fourth-order valence-corrected chi connectivity index (χ4v) is 2.60. The van der Waals surface area contributed by atoms with Gasteiger partial charge < -0.3 is 10.5 Å². The van der Waals surface area contributed by atoms with Gasteiger partial charge in [0, 0.05) is 17.8 Å². The molecule has 2 rings (SSSR count). The average Bonchev–Trinajstić information content (AvgIpc) is 2.54. The molecule has 2 N–H and O–H groups in total. The third-order valence-corrected chi connectivity index (χ3v) is 3.44. The van der Waals surface area contributed by atoms with Crippen LogP contribution in [0.25, 0.3) is 0 Å². The van der Waals surface area contributed by atoms with Crippen molar-refractivity contribution in [3.05, 3.63) is 21.9 Å². The Bertz CT molecular complexity index is 284. The quantitative estimate of drug-likeness (QED) is 0.716. The van der Waals surface area contributed by atoms with Crippen LogP contribution >= 0.6 is 11.3 Å². The highest BCUT2D eigenvalue weighted by Crippen LogP contribution is 2.34. The molecule has 66 valence electrons. The van der Waals surface area contributed by atoms with Crippen LogP contribution in [0.1, 0.15) is 17.4 Å². The van der Waals surface area contributed by atoms with Gasteiger partial charge in [-0.3, -0.25) is 0 Å². The van der Waals surface area contributed by atoms with Gasteiger partial charge in [0.1, 0.15) is 5.60 Å². The molecule has 0 bridgehead atoms. The van der Waals surface area contributed by atoms with Crippen LogP contribution < -0.4 is 5.73 Å². The molecular formula is C9H13NOS. The second-order valence-electron chi connectivity index (χ2n) is 3.29. The second-order valence-corrected chi connectivity index (χ2v) is 4.29. The van der Waals surface area contributed by atoms with Gasteiger partial charge in [-0.25, -0.2) is 0 Å². The Morgan fingerprint density at radius 3 is 3.33 bits per heavy atom. The van der Waals surface area contributed by atoms with Crippen molar-refractivity contribution in [1.29, 1.82) is 0 Å². The van der Waals surface area contributed by atoms with Gasteiger partial charge in [0.05, 0.1) is 6.61 Å². The molecule has 12 heavy (non-hydrogen) atoms. The fraction of sp³-hybridized carbons (Fsp3) is 0.556. The molecule has 0 amide bonds. The molecule has 0 radical (unpaired) electrons. The fourth-order valence-electron chi connectivity index (χ4n) is 1.62. The van der Waals surface area contributed by atoms with Gasteiger partial charge in [0.25, 0.3) is 0 Å². The van der Waals surface area contributed by atoms with E-state index in [1.807, 2.05) is 11.3 Å². The number of ether oxygens (including phenoxy) is 1. The van der Waals surface area contributed by atoms with Gasteiger partial charge in [-0.15, -0.1) is 11.3 Å². The van der Waals surface area contributed by atoms with Crippen LogP contribution in [0, 0.1) is 0 Å². The first kappa shape index (κ1) is 8.23. The van der Waals surface area contributed by atoms with E-state index in [0.717, 1.165) is 13.0 Å². The van der Waals surface area contributed by atoms with E-state index in [4.69, 9.17) is 10.5 Å². The van der Waals surface area contributed by atoms with Crippen LogP contribution in [-0.4, -0.2) is 13.2 Å². The maximum atomic E-state index is 5.69. The Balaban J connectivity index is 2.44. The lowest BCUT2D eigenvalue weighted by molar-refractivity contribution is -0.0378. The molecule has 0 unspecified atom stereocenters. The summed E-state index contributed by atoms with van der Waals surface area (Å²) < 4.78 is 5.68. The second kappa shape index (κ2) is 2.83. The molecular weight excluding hydrogens is 170 g/mol. The third kappa shape index (κ3) is 1.09. The molecule has 0 aromatic carbocycles. The van der Waals surface area contributed by atoms with E-state index in [9.17, 15) is 0 Å². The van der Waals surface area contributed by atoms with Gasteiger partial charge in [-0.2, -0.15) is 0 Å². The van der Waals surface area contributed by atoms with Crippen molar-refractivity contribution in [2.24, 2.45) is 5.73 Å². The molecule has 2 heterocycles. The molecule has 1 atom stereocenters. The van der Waals surface area contributed by atoms with Crippen LogP contribution in [0.3, 0.4) is 0 Å². The summed E-state index contributed by atoms with van der Waals surface area (Å²) in [5, 5.41) is 2.12. The minimum Gasteiger partial charge on any atom is -0.369 e. The van der Waals surface area contributed by atoms with Crippen LogP contribution in [-0.2, 0) is 16.8 Å². The highest BCUT2D eigenvalue weighted by Gasteiger charge is 2.32. The zero-order valence-corrected chi connectivity index (χ0v) is 7.99. The summed E-state index contributed by atoms with van der Waals surface area (Å²) in [5.74, 6) is 0. The number of rotatable bonds is 1. The van der Waals surface area contributed by atoms with E-state index in [-0.39, 0.29) is 5.60 Å². The predicted molar refractivity (Wildman–Crippen MR) is 50.4 cm³/mol. The molecule has 1 aliphatic rings. The number of hydrogen-bond acceptors (Lipinski definition) is 3. The van der Waals surface area contributed by atoms with E-state index in [1.165, 1.54) is 10.4 Å². The van der Waals surface area contributed by atoms with Crippen LogP contribution in [0.5, 0.6) is 0 Å². The molecule has 0 fully saturated rings. The largest absolute Gasteiger partial charge is 0.369 e. The van der Waals surface area contributed by atoms with Crippen LogP contribution in [0.2, 0.25) is 0 Å². The molecule has 1 aliphatic heterocycles. The van der Waals surface area contributed by atoms with Crippen LogP contribution in [0.15, 0.2) is 11.4 Å². The standard InChI is InChI=1S/C9H13NOS/c1-9(6-10)7-3-5-12-8(7)2-4-11-9/h3,5H,2,4,6,10H2,1H3/t9-/m1/s1. The minimum absolute atomic E-state index is 0.229. The molecule has 2 nitrogen and oxygen atoms in total. The normalized spacial score (nSPS) is 28.5. The van der Waals surface area contributed by atoms with E-state index < -0.39 is 0 Å². The lowest BCUT2D eigenvalue weighted by Crippen LogP contribution is -2.38. The van der Waals surface area contributed by atoms with Gasteiger partial charge in [-0.05, 0) is 23.9 Å². The highest BCUT2D eigenvalue weighted by atomic mass is 32.1. The summed E-state index contributed by atoms with van der Waals surface area (Å²) >= 11 is 1.81. The zero-order valence-electron chi connectivity index (χ0n) is 7.17. The summed E-state index contributed by atoms with van der Waals surface area (Å²) in [6.45, 7) is 3.44. The predicted octanol–water partition coefficient (Wildman–Crippen LogP) is 1.49. The number of hydrogen-bond donors (Lipinski definition) is 1. The first-order valence-corrected chi connectivity index (χ1v) is 5.05. The summed E-state index contributed by atoms with van der Waals surface area (Å²) in [6, 6.07) is 2.13.